The number of hydrogen-bond donors (Lipinski definition) is 1. The second-order valence-corrected chi connectivity index (χ2v) is 7.31. The van der Waals surface area contributed by atoms with Crippen molar-refractivity contribution in [3.05, 3.63) is 71.2 Å². The van der Waals surface area contributed by atoms with Gasteiger partial charge < -0.3 is 9.80 Å². The molecule has 0 radical (unpaired) electrons. The van der Waals surface area contributed by atoms with Crippen LogP contribution in [-0.2, 0) is 0 Å². The summed E-state index contributed by atoms with van der Waals surface area (Å²) in [5.74, 6) is -0.0764. The van der Waals surface area contributed by atoms with Gasteiger partial charge in [-0.15, -0.1) is 0 Å². The van der Waals surface area contributed by atoms with E-state index in [0.717, 1.165) is 22.3 Å². The maximum atomic E-state index is 12.8. The number of rotatable bonds is 3. The third kappa shape index (κ3) is 3.89. The number of nitrogens with one attached hydrogen (secondary N) is 1. The van der Waals surface area contributed by atoms with Crippen molar-refractivity contribution >= 4 is 11.8 Å². The van der Waals surface area contributed by atoms with Crippen molar-refractivity contribution in [1.29, 1.82) is 0 Å². The fraction of sp³-hybridized carbons (Fsp3) is 0.273. The van der Waals surface area contributed by atoms with E-state index >= 15 is 0 Å². The molecule has 0 saturated carbocycles. The topological polar surface area (TPSA) is 82.2 Å². The number of benzene rings is 1. The number of nitrogens with zero attached hydrogens (tertiary/aromatic N) is 4. The minimum absolute atomic E-state index is 0.0242. The van der Waals surface area contributed by atoms with Crippen LogP contribution in [-0.4, -0.2) is 63.0 Å². The first kappa shape index (κ1) is 18.9. The van der Waals surface area contributed by atoms with E-state index in [1.54, 1.807) is 23.4 Å². The highest BCUT2D eigenvalue weighted by molar-refractivity contribution is 5.96. The number of aromatic nitrogens is 3. The van der Waals surface area contributed by atoms with Gasteiger partial charge in [-0.2, -0.15) is 5.10 Å². The standard InChI is InChI=1S/C22H23N5O2/c1-15-3-4-18(16(2)13-15)21(28)26-9-11-27(12-10-26)22(29)20-14-19(24-25-20)17-5-7-23-8-6-17/h3-8,13-14H,9-12H2,1-2H3,(H,24,25). The molecule has 1 saturated heterocycles. The Morgan fingerprint density at radius 1 is 0.897 bits per heavy atom. The first-order chi connectivity index (χ1) is 14.0. The van der Waals surface area contributed by atoms with Gasteiger partial charge in [-0.05, 0) is 43.7 Å². The fourth-order valence-corrected chi connectivity index (χ4v) is 3.61. The highest BCUT2D eigenvalue weighted by Gasteiger charge is 2.27. The summed E-state index contributed by atoms with van der Waals surface area (Å²) in [4.78, 5) is 33.2. The van der Waals surface area contributed by atoms with Crippen LogP contribution in [0.15, 0.2) is 48.8 Å². The van der Waals surface area contributed by atoms with Gasteiger partial charge in [0.25, 0.3) is 11.8 Å². The van der Waals surface area contributed by atoms with Crippen LogP contribution in [0.25, 0.3) is 11.3 Å². The molecule has 1 fully saturated rings. The number of H-pyrrole nitrogens is 1. The van der Waals surface area contributed by atoms with Gasteiger partial charge in [-0.3, -0.25) is 19.7 Å². The van der Waals surface area contributed by atoms with Crippen LogP contribution in [0.5, 0.6) is 0 Å². The predicted molar refractivity (Wildman–Crippen MR) is 110 cm³/mol. The molecule has 4 rings (SSSR count). The zero-order valence-corrected chi connectivity index (χ0v) is 16.6. The lowest BCUT2D eigenvalue weighted by molar-refractivity contribution is 0.0532. The molecule has 0 atom stereocenters. The molecule has 1 aliphatic heterocycles. The Balaban J connectivity index is 1.40. The molecule has 3 aromatic rings. The quantitative estimate of drug-likeness (QED) is 0.747. The van der Waals surface area contributed by atoms with Crippen LogP contribution < -0.4 is 0 Å². The van der Waals surface area contributed by atoms with Crippen molar-refractivity contribution in [2.45, 2.75) is 13.8 Å². The Hall–Kier alpha value is -3.48. The van der Waals surface area contributed by atoms with Crippen LogP contribution in [0.2, 0.25) is 0 Å². The number of hydrogen-bond acceptors (Lipinski definition) is 4. The maximum Gasteiger partial charge on any atom is 0.272 e. The average Bonchev–Trinajstić information content (AvgIpc) is 3.24. The van der Waals surface area contributed by atoms with Crippen LogP contribution in [0, 0.1) is 13.8 Å². The van der Waals surface area contributed by atoms with Gasteiger partial charge in [0, 0.05) is 49.7 Å². The van der Waals surface area contributed by atoms with Crippen LogP contribution >= 0.6 is 0 Å². The molecular formula is C22H23N5O2. The highest BCUT2D eigenvalue weighted by atomic mass is 16.2. The van der Waals surface area contributed by atoms with E-state index in [-0.39, 0.29) is 11.8 Å². The first-order valence-electron chi connectivity index (χ1n) is 9.64. The number of amides is 2. The van der Waals surface area contributed by atoms with Gasteiger partial charge in [0.2, 0.25) is 0 Å². The molecule has 2 aromatic heterocycles. The maximum absolute atomic E-state index is 12.8. The van der Waals surface area contributed by atoms with E-state index in [0.29, 0.717) is 37.6 Å². The fourth-order valence-electron chi connectivity index (χ4n) is 3.61. The van der Waals surface area contributed by atoms with Crippen LogP contribution in [0.1, 0.15) is 32.0 Å². The first-order valence-corrected chi connectivity index (χ1v) is 9.64. The number of carbonyl (C=O) groups is 2. The highest BCUT2D eigenvalue weighted by Crippen LogP contribution is 2.19. The Labute approximate surface area is 169 Å². The molecule has 1 aromatic carbocycles. The summed E-state index contributed by atoms with van der Waals surface area (Å²) in [5, 5.41) is 7.07. The van der Waals surface area contributed by atoms with E-state index in [1.165, 1.54) is 0 Å². The van der Waals surface area contributed by atoms with E-state index in [9.17, 15) is 9.59 Å². The number of piperazine rings is 1. The number of aromatic amines is 1. The van der Waals surface area contributed by atoms with Gasteiger partial charge >= 0.3 is 0 Å². The van der Waals surface area contributed by atoms with Gasteiger partial charge in [-0.25, -0.2) is 0 Å². The lowest BCUT2D eigenvalue weighted by Crippen LogP contribution is -2.50. The Kier molecular flexibility index (Phi) is 5.12. The summed E-state index contributed by atoms with van der Waals surface area (Å²) in [6.45, 7) is 6.00. The van der Waals surface area contributed by atoms with Crippen LogP contribution in [0.3, 0.4) is 0 Å². The van der Waals surface area contributed by atoms with E-state index < -0.39 is 0 Å². The van der Waals surface area contributed by atoms with E-state index in [4.69, 9.17) is 0 Å². The Bertz CT molecular complexity index is 1040. The Morgan fingerprint density at radius 3 is 2.21 bits per heavy atom. The van der Waals surface area contributed by atoms with Crippen molar-refractivity contribution in [2.75, 3.05) is 26.2 Å². The molecule has 2 amide bonds. The second kappa shape index (κ2) is 7.87. The number of aryl methyl sites for hydroxylation is 2. The predicted octanol–water partition coefficient (Wildman–Crippen LogP) is 2.69. The smallest absolute Gasteiger partial charge is 0.272 e. The molecule has 0 aliphatic carbocycles. The lowest BCUT2D eigenvalue weighted by Gasteiger charge is -2.34. The third-order valence-electron chi connectivity index (χ3n) is 5.25. The van der Waals surface area contributed by atoms with Gasteiger partial charge in [-0.1, -0.05) is 17.7 Å². The van der Waals surface area contributed by atoms with Crippen molar-refractivity contribution in [2.24, 2.45) is 0 Å². The molecule has 0 bridgehead atoms. The zero-order chi connectivity index (χ0) is 20.4. The number of carbonyl (C=O) groups excluding carboxylic acids is 2. The molecule has 7 nitrogen and oxygen atoms in total. The largest absolute Gasteiger partial charge is 0.335 e. The summed E-state index contributed by atoms with van der Waals surface area (Å²) < 4.78 is 0. The third-order valence-corrected chi connectivity index (χ3v) is 5.25. The number of pyridine rings is 1. The lowest BCUT2D eigenvalue weighted by atomic mass is 10.0. The van der Waals surface area contributed by atoms with Gasteiger partial charge in [0.1, 0.15) is 5.69 Å². The minimum atomic E-state index is -0.101. The van der Waals surface area contributed by atoms with Crippen molar-refractivity contribution in [1.82, 2.24) is 25.0 Å². The molecule has 148 valence electrons. The molecule has 7 heteroatoms. The monoisotopic (exact) mass is 389 g/mol. The molecule has 3 heterocycles. The average molecular weight is 389 g/mol. The summed E-state index contributed by atoms with van der Waals surface area (Å²) in [6, 6.07) is 11.3. The summed E-state index contributed by atoms with van der Waals surface area (Å²) >= 11 is 0. The van der Waals surface area contributed by atoms with E-state index in [2.05, 4.69) is 15.2 Å². The van der Waals surface area contributed by atoms with Gasteiger partial charge in [0.15, 0.2) is 0 Å². The van der Waals surface area contributed by atoms with Crippen molar-refractivity contribution in [3.63, 3.8) is 0 Å². The normalized spacial score (nSPS) is 14.1. The molecule has 0 spiro atoms. The molecule has 1 aliphatic rings. The van der Waals surface area contributed by atoms with Crippen molar-refractivity contribution in [3.8, 4) is 11.3 Å². The van der Waals surface area contributed by atoms with Crippen molar-refractivity contribution < 1.29 is 9.59 Å². The van der Waals surface area contributed by atoms with E-state index in [1.807, 2.05) is 49.1 Å². The minimum Gasteiger partial charge on any atom is -0.335 e. The summed E-state index contributed by atoms with van der Waals surface area (Å²) in [7, 11) is 0. The molecule has 1 N–H and O–H groups in total. The molecular weight excluding hydrogens is 366 g/mol. The second-order valence-electron chi connectivity index (χ2n) is 7.31. The Morgan fingerprint density at radius 2 is 1.55 bits per heavy atom. The molecule has 29 heavy (non-hydrogen) atoms. The van der Waals surface area contributed by atoms with Gasteiger partial charge in [0.05, 0.1) is 5.69 Å². The zero-order valence-electron chi connectivity index (χ0n) is 16.6. The molecule has 0 unspecified atom stereocenters. The van der Waals surface area contributed by atoms with Crippen LogP contribution in [0.4, 0.5) is 0 Å². The summed E-state index contributed by atoms with van der Waals surface area (Å²) in [5.41, 5.74) is 4.91. The summed E-state index contributed by atoms with van der Waals surface area (Å²) in [6.07, 6.45) is 3.38. The SMILES string of the molecule is Cc1ccc(C(=O)N2CCN(C(=O)c3cc(-c4ccncc4)n[nH]3)CC2)c(C)c1.